The van der Waals surface area contributed by atoms with Gasteiger partial charge in [-0.3, -0.25) is 4.79 Å². The molecule has 2 bridgehead atoms. The molecule has 2 saturated carbocycles. The van der Waals surface area contributed by atoms with Crippen LogP contribution < -0.4 is 10.6 Å². The number of aryl methyl sites for hydroxylation is 1. The number of hydrogen-bond acceptors (Lipinski definition) is 5. The number of likely N-dealkylation sites (tertiary alicyclic amines) is 1. The maximum absolute atomic E-state index is 15.6. The molecule has 4 aromatic rings. The van der Waals surface area contributed by atoms with Gasteiger partial charge in [-0.25, -0.2) is 8.91 Å². The highest BCUT2D eigenvalue weighted by atomic mass is 19.1. The average Bonchev–Trinajstić information content (AvgIpc) is 3.32. The highest BCUT2D eigenvalue weighted by molar-refractivity contribution is 5.95. The Kier molecular flexibility index (Phi) is 5.35. The van der Waals surface area contributed by atoms with Gasteiger partial charge in [0.15, 0.2) is 0 Å². The van der Waals surface area contributed by atoms with Gasteiger partial charge in [-0.05, 0) is 68.7 Å². The summed E-state index contributed by atoms with van der Waals surface area (Å²) in [6, 6.07) is 10.2. The normalized spacial score (nSPS) is 24.6. The zero-order chi connectivity index (χ0) is 27.3. The number of pyridine rings is 1. The first-order valence-electron chi connectivity index (χ1n) is 14.6. The Morgan fingerprint density at radius 3 is 2.65 bits per heavy atom. The highest BCUT2D eigenvalue weighted by Crippen LogP contribution is 2.40. The van der Waals surface area contributed by atoms with E-state index in [0.29, 0.717) is 29.5 Å². The minimum Gasteiger partial charge on any atom is -0.378 e. The Labute approximate surface area is 232 Å². The maximum Gasteiger partial charge on any atom is 0.255 e. The van der Waals surface area contributed by atoms with Crippen molar-refractivity contribution in [1.29, 1.82) is 0 Å². The predicted octanol–water partition coefficient (Wildman–Crippen LogP) is 4.21. The van der Waals surface area contributed by atoms with Crippen LogP contribution in [0.25, 0.3) is 27.8 Å². The van der Waals surface area contributed by atoms with E-state index < -0.39 is 5.82 Å². The van der Waals surface area contributed by atoms with Crippen molar-refractivity contribution in [1.82, 2.24) is 19.1 Å². The molecule has 2 unspecified atom stereocenters. The van der Waals surface area contributed by atoms with Gasteiger partial charge in [0.05, 0.1) is 22.9 Å². The molecule has 2 N–H and O–H groups in total. The zero-order valence-electron chi connectivity index (χ0n) is 23.0. The van der Waals surface area contributed by atoms with Gasteiger partial charge in [-0.15, -0.1) is 0 Å². The Morgan fingerprint density at radius 1 is 1.12 bits per heavy atom. The van der Waals surface area contributed by atoms with E-state index in [0.717, 1.165) is 54.8 Å². The number of benzene rings is 1. The molecule has 1 aromatic carbocycles. The van der Waals surface area contributed by atoms with Crippen LogP contribution in [-0.4, -0.2) is 69.9 Å². The second-order valence-corrected chi connectivity index (χ2v) is 12.4. The van der Waals surface area contributed by atoms with Crippen LogP contribution in [0, 0.1) is 24.6 Å². The molecule has 8 rings (SSSR count). The molecular weight excluding hydrogens is 507 g/mol. The minimum atomic E-state index is -0.423. The van der Waals surface area contributed by atoms with Gasteiger partial charge >= 0.3 is 0 Å². The van der Waals surface area contributed by atoms with Gasteiger partial charge in [0.25, 0.3) is 5.91 Å². The smallest absolute Gasteiger partial charge is 0.255 e. The lowest BCUT2D eigenvalue weighted by Gasteiger charge is -2.40. The molecule has 2 aliphatic carbocycles. The summed E-state index contributed by atoms with van der Waals surface area (Å²) in [4.78, 5) is 17.6. The lowest BCUT2D eigenvalue weighted by molar-refractivity contribution is 0.0699. The van der Waals surface area contributed by atoms with Crippen LogP contribution >= 0.6 is 0 Å². The number of methoxy groups -OCH3 is 1. The lowest BCUT2D eigenvalue weighted by atomic mass is 10.1. The molecule has 2 saturated heterocycles. The number of rotatable bonds is 6. The third kappa shape index (κ3) is 3.63. The van der Waals surface area contributed by atoms with E-state index in [-0.39, 0.29) is 24.1 Å². The first-order chi connectivity index (χ1) is 19.4. The van der Waals surface area contributed by atoms with Gasteiger partial charge in [0.2, 0.25) is 0 Å². The number of nitrogens with zero attached hydrogens (tertiary/aromatic N) is 5. The molecular formula is C31H35FN6O2. The molecule has 1 amide bonds. The first-order valence-corrected chi connectivity index (χ1v) is 14.6. The summed E-state index contributed by atoms with van der Waals surface area (Å²) in [5.74, 6) is 0.418. The van der Waals surface area contributed by atoms with Gasteiger partial charge in [-0.1, -0.05) is 6.07 Å². The van der Waals surface area contributed by atoms with Crippen LogP contribution in [0.3, 0.4) is 0 Å². The monoisotopic (exact) mass is 542 g/mol. The topological polar surface area (TPSA) is 81.0 Å². The van der Waals surface area contributed by atoms with Crippen LogP contribution in [0.4, 0.5) is 10.1 Å². The van der Waals surface area contributed by atoms with Crippen LogP contribution in [-0.2, 0) is 11.3 Å². The van der Waals surface area contributed by atoms with Crippen molar-refractivity contribution in [3.8, 4) is 11.4 Å². The summed E-state index contributed by atoms with van der Waals surface area (Å²) in [5.41, 5.74) is 12.0. The molecule has 4 fully saturated rings. The summed E-state index contributed by atoms with van der Waals surface area (Å²) in [6.07, 6.45) is 6.42. The van der Waals surface area contributed by atoms with Crippen molar-refractivity contribution < 1.29 is 13.9 Å². The average molecular weight is 543 g/mol. The van der Waals surface area contributed by atoms with E-state index in [4.69, 9.17) is 15.6 Å². The zero-order valence-corrected chi connectivity index (χ0v) is 23.0. The van der Waals surface area contributed by atoms with Crippen molar-refractivity contribution in [2.45, 2.75) is 57.3 Å². The van der Waals surface area contributed by atoms with E-state index >= 15 is 4.39 Å². The van der Waals surface area contributed by atoms with E-state index in [1.54, 1.807) is 17.8 Å². The number of hydrogen-bond donors (Lipinski definition) is 1. The third-order valence-corrected chi connectivity index (χ3v) is 9.89. The molecule has 4 aliphatic rings. The quantitative estimate of drug-likeness (QED) is 0.395. The molecule has 3 atom stereocenters. The van der Waals surface area contributed by atoms with Crippen LogP contribution in [0.5, 0.6) is 0 Å². The number of aromatic nitrogens is 3. The van der Waals surface area contributed by atoms with Crippen molar-refractivity contribution in [3.05, 3.63) is 53.5 Å². The number of amides is 1. The van der Waals surface area contributed by atoms with Crippen LogP contribution in [0.15, 0.2) is 36.5 Å². The van der Waals surface area contributed by atoms with Crippen molar-refractivity contribution >= 4 is 28.0 Å². The van der Waals surface area contributed by atoms with Gasteiger partial charge in [-0.2, -0.15) is 5.10 Å². The Balaban J connectivity index is 1.19. The molecule has 0 radical (unpaired) electrons. The number of nitrogens with two attached hydrogens (primary N) is 1. The van der Waals surface area contributed by atoms with Gasteiger partial charge in [0.1, 0.15) is 17.0 Å². The molecule has 3 aromatic heterocycles. The number of halogens is 1. The van der Waals surface area contributed by atoms with Gasteiger partial charge < -0.3 is 24.8 Å². The number of anilines is 1. The molecule has 2 aliphatic heterocycles. The number of piperidine rings is 1. The summed E-state index contributed by atoms with van der Waals surface area (Å²) in [5, 5.41) is 6.05. The standard InChI is InChI=1S/C31H35FN6O2/c1-17-29(34-38-14-21(9-24(32)30(17)38)31(39)37-13-20-6-8-25(37)28(20)33)27-10-19-5-7-22(35-15-23(16-35)40-2)11-26(19)36(27)12-18-3-4-18/h5,7,9-11,14,18,20,23,25,28H,3-4,6,8,12-13,15-16,33H2,1-2H3/t20?,25?,28-/m1/s1. The van der Waals surface area contributed by atoms with E-state index in [2.05, 4.69) is 33.7 Å². The summed E-state index contributed by atoms with van der Waals surface area (Å²) in [7, 11) is 1.77. The van der Waals surface area contributed by atoms with E-state index in [1.165, 1.54) is 30.1 Å². The Bertz CT molecular complexity index is 1670. The largest absolute Gasteiger partial charge is 0.378 e. The molecule has 9 heteroatoms. The van der Waals surface area contributed by atoms with Crippen molar-refractivity contribution in [3.63, 3.8) is 0 Å². The molecule has 40 heavy (non-hydrogen) atoms. The fraction of sp³-hybridized carbons (Fsp3) is 0.484. The fourth-order valence-electron chi connectivity index (χ4n) is 7.27. The molecule has 5 heterocycles. The molecule has 208 valence electrons. The van der Waals surface area contributed by atoms with Crippen LogP contribution in [0.2, 0.25) is 0 Å². The van der Waals surface area contributed by atoms with E-state index in [1.807, 2.05) is 11.8 Å². The molecule has 8 nitrogen and oxygen atoms in total. The molecule has 0 spiro atoms. The second kappa shape index (κ2) is 8.78. The number of carbonyl (C=O) groups excluding carboxylic acids is 1. The summed E-state index contributed by atoms with van der Waals surface area (Å²) in [6.45, 7) is 5.29. The first kappa shape index (κ1) is 24.4. The number of fused-ring (bicyclic) bond motifs is 4. The van der Waals surface area contributed by atoms with Crippen molar-refractivity contribution in [2.24, 2.45) is 17.6 Å². The van der Waals surface area contributed by atoms with Crippen molar-refractivity contribution in [2.75, 3.05) is 31.6 Å². The number of ether oxygens (including phenoxy) is 1. The van der Waals surface area contributed by atoms with Gasteiger partial charge in [0, 0.05) is 68.2 Å². The van der Waals surface area contributed by atoms with E-state index in [9.17, 15) is 4.79 Å². The fourth-order valence-corrected chi connectivity index (χ4v) is 7.27. The summed E-state index contributed by atoms with van der Waals surface area (Å²) < 4.78 is 25.1. The highest BCUT2D eigenvalue weighted by Gasteiger charge is 2.47. The number of carbonyl (C=O) groups is 1. The SMILES string of the molecule is COC1CN(c2ccc3cc(-c4nn5cc(C(=O)N6CC7CCC6[C@@H]7N)cc(F)c5c4C)n(CC4CC4)c3c2)C1. The Hall–Kier alpha value is -3.43. The Morgan fingerprint density at radius 2 is 1.95 bits per heavy atom. The second-order valence-electron chi connectivity index (χ2n) is 12.4. The van der Waals surface area contributed by atoms with Crippen LogP contribution in [0.1, 0.15) is 41.6 Å². The summed E-state index contributed by atoms with van der Waals surface area (Å²) >= 11 is 0. The minimum absolute atomic E-state index is 0.0208. The maximum atomic E-state index is 15.6. The third-order valence-electron chi connectivity index (χ3n) is 9.89. The predicted molar refractivity (Wildman–Crippen MR) is 152 cm³/mol. The lowest BCUT2D eigenvalue weighted by Crippen LogP contribution is -2.51.